The standard InChI is InChI=1S/C18H22N2O4S/c1-5-23-14-8-6-7-13(9-14)16(21)20-18-19-12(4)15(25-18)17(22)24-10-11(2)3/h6-9,11H,5,10H2,1-4H3,(H,19,20,21). The van der Waals surface area contributed by atoms with Crippen molar-refractivity contribution in [3.05, 3.63) is 40.4 Å². The van der Waals surface area contributed by atoms with E-state index in [1.54, 1.807) is 31.2 Å². The summed E-state index contributed by atoms with van der Waals surface area (Å²) >= 11 is 1.11. The first kappa shape index (κ1) is 18.9. The molecule has 0 atom stereocenters. The van der Waals surface area contributed by atoms with Crippen LogP contribution in [0.1, 0.15) is 46.5 Å². The molecule has 0 saturated carbocycles. The average Bonchev–Trinajstić information content (AvgIpc) is 2.93. The number of benzene rings is 1. The molecule has 6 nitrogen and oxygen atoms in total. The molecule has 1 heterocycles. The second-order valence-electron chi connectivity index (χ2n) is 5.84. The summed E-state index contributed by atoms with van der Waals surface area (Å²) in [6.45, 7) is 8.41. The Kier molecular flexibility index (Phi) is 6.52. The minimum Gasteiger partial charge on any atom is -0.494 e. The van der Waals surface area contributed by atoms with Crippen molar-refractivity contribution in [3.63, 3.8) is 0 Å². The Morgan fingerprint density at radius 3 is 2.76 bits per heavy atom. The van der Waals surface area contributed by atoms with E-state index in [0.717, 1.165) is 11.3 Å². The number of hydrogen-bond donors (Lipinski definition) is 1. The van der Waals surface area contributed by atoms with Crippen LogP contribution in [0.5, 0.6) is 5.75 Å². The lowest BCUT2D eigenvalue weighted by Crippen LogP contribution is -2.11. The van der Waals surface area contributed by atoms with Crippen molar-refractivity contribution in [2.24, 2.45) is 5.92 Å². The number of carbonyl (C=O) groups excluding carboxylic acids is 2. The Hall–Kier alpha value is -2.41. The number of nitrogens with one attached hydrogen (secondary N) is 1. The fraction of sp³-hybridized carbons (Fsp3) is 0.389. The normalized spacial score (nSPS) is 10.6. The predicted molar refractivity (Wildman–Crippen MR) is 97.5 cm³/mol. The SMILES string of the molecule is CCOc1cccc(C(=O)Nc2nc(C)c(C(=O)OCC(C)C)s2)c1. The van der Waals surface area contributed by atoms with Crippen LogP contribution in [0.4, 0.5) is 5.13 Å². The van der Waals surface area contributed by atoms with Crippen LogP contribution >= 0.6 is 11.3 Å². The summed E-state index contributed by atoms with van der Waals surface area (Å²) in [5, 5.41) is 3.08. The van der Waals surface area contributed by atoms with Gasteiger partial charge in [0.1, 0.15) is 10.6 Å². The van der Waals surface area contributed by atoms with Gasteiger partial charge < -0.3 is 9.47 Å². The Balaban J connectivity index is 2.08. The fourth-order valence-corrected chi connectivity index (χ4v) is 2.87. The molecule has 1 amide bonds. The molecule has 0 radical (unpaired) electrons. The molecule has 1 aromatic heterocycles. The quantitative estimate of drug-likeness (QED) is 0.756. The largest absolute Gasteiger partial charge is 0.494 e. The van der Waals surface area contributed by atoms with Crippen molar-refractivity contribution < 1.29 is 19.1 Å². The third-order valence-electron chi connectivity index (χ3n) is 3.16. The van der Waals surface area contributed by atoms with Crippen molar-refractivity contribution in [2.45, 2.75) is 27.7 Å². The summed E-state index contributed by atoms with van der Waals surface area (Å²) < 4.78 is 10.6. The maximum absolute atomic E-state index is 12.4. The van der Waals surface area contributed by atoms with Crippen LogP contribution in [-0.4, -0.2) is 30.1 Å². The molecule has 2 aromatic rings. The van der Waals surface area contributed by atoms with Crippen LogP contribution < -0.4 is 10.1 Å². The van der Waals surface area contributed by atoms with Gasteiger partial charge in [0.25, 0.3) is 5.91 Å². The molecule has 7 heteroatoms. The third kappa shape index (κ3) is 5.29. The Labute approximate surface area is 151 Å². The van der Waals surface area contributed by atoms with E-state index in [1.165, 1.54) is 0 Å². The molecule has 0 spiro atoms. The summed E-state index contributed by atoms with van der Waals surface area (Å²) in [5.74, 6) is 0.164. The number of aryl methyl sites for hydroxylation is 1. The van der Waals surface area contributed by atoms with E-state index < -0.39 is 5.97 Å². The first-order valence-electron chi connectivity index (χ1n) is 8.09. The number of rotatable bonds is 7. The van der Waals surface area contributed by atoms with E-state index in [4.69, 9.17) is 9.47 Å². The maximum atomic E-state index is 12.4. The van der Waals surface area contributed by atoms with Gasteiger partial charge in [-0.2, -0.15) is 0 Å². The molecule has 2 rings (SSSR count). The minimum absolute atomic E-state index is 0.258. The van der Waals surface area contributed by atoms with E-state index in [0.29, 0.717) is 40.2 Å². The van der Waals surface area contributed by atoms with Gasteiger partial charge in [-0.15, -0.1) is 0 Å². The lowest BCUT2D eigenvalue weighted by Gasteiger charge is -2.06. The number of hydrogen-bond acceptors (Lipinski definition) is 6. The number of ether oxygens (including phenoxy) is 2. The van der Waals surface area contributed by atoms with Crippen molar-refractivity contribution in [2.75, 3.05) is 18.5 Å². The van der Waals surface area contributed by atoms with E-state index in [-0.39, 0.29) is 11.8 Å². The highest BCUT2D eigenvalue weighted by atomic mass is 32.1. The molecular weight excluding hydrogens is 340 g/mol. The Bertz CT molecular complexity index is 755. The average molecular weight is 362 g/mol. The van der Waals surface area contributed by atoms with Crippen molar-refractivity contribution in [3.8, 4) is 5.75 Å². The number of carbonyl (C=O) groups is 2. The Morgan fingerprint density at radius 1 is 1.32 bits per heavy atom. The number of amides is 1. The van der Waals surface area contributed by atoms with Crippen molar-refractivity contribution in [1.29, 1.82) is 0 Å². The lowest BCUT2D eigenvalue weighted by atomic mass is 10.2. The van der Waals surface area contributed by atoms with Gasteiger partial charge in [0, 0.05) is 5.56 Å². The number of thiazole rings is 1. The molecule has 0 aliphatic heterocycles. The molecule has 0 unspecified atom stereocenters. The molecule has 134 valence electrons. The van der Waals surface area contributed by atoms with E-state index in [1.807, 2.05) is 20.8 Å². The van der Waals surface area contributed by atoms with Gasteiger partial charge in [-0.05, 0) is 38.0 Å². The van der Waals surface area contributed by atoms with Crippen LogP contribution in [0.2, 0.25) is 0 Å². The lowest BCUT2D eigenvalue weighted by molar-refractivity contribution is 0.0463. The topological polar surface area (TPSA) is 77.5 Å². The van der Waals surface area contributed by atoms with Crippen molar-refractivity contribution in [1.82, 2.24) is 4.98 Å². The smallest absolute Gasteiger partial charge is 0.350 e. The maximum Gasteiger partial charge on any atom is 0.350 e. The molecule has 0 aliphatic rings. The number of aromatic nitrogens is 1. The predicted octanol–water partition coefficient (Wildman–Crippen LogP) is 3.92. The molecule has 1 aromatic carbocycles. The number of esters is 1. The monoisotopic (exact) mass is 362 g/mol. The van der Waals surface area contributed by atoms with Gasteiger partial charge in [-0.1, -0.05) is 31.3 Å². The number of anilines is 1. The van der Waals surface area contributed by atoms with Crippen LogP contribution in [0, 0.1) is 12.8 Å². The van der Waals surface area contributed by atoms with E-state index in [2.05, 4.69) is 10.3 Å². The summed E-state index contributed by atoms with van der Waals surface area (Å²) in [7, 11) is 0. The highest BCUT2D eigenvalue weighted by Gasteiger charge is 2.18. The third-order valence-corrected chi connectivity index (χ3v) is 4.21. The molecule has 0 aliphatic carbocycles. The zero-order valence-electron chi connectivity index (χ0n) is 14.8. The van der Waals surface area contributed by atoms with E-state index in [9.17, 15) is 9.59 Å². The molecule has 0 saturated heterocycles. The minimum atomic E-state index is -0.414. The van der Waals surface area contributed by atoms with Gasteiger partial charge in [0.05, 0.1) is 18.9 Å². The van der Waals surface area contributed by atoms with Gasteiger partial charge >= 0.3 is 5.97 Å². The second-order valence-corrected chi connectivity index (χ2v) is 6.84. The van der Waals surface area contributed by atoms with E-state index >= 15 is 0 Å². The Morgan fingerprint density at radius 2 is 2.08 bits per heavy atom. The first-order valence-corrected chi connectivity index (χ1v) is 8.91. The zero-order chi connectivity index (χ0) is 18.4. The van der Waals surface area contributed by atoms with Crippen LogP contribution in [-0.2, 0) is 4.74 Å². The summed E-state index contributed by atoms with van der Waals surface area (Å²) in [4.78, 5) is 29.1. The highest BCUT2D eigenvalue weighted by molar-refractivity contribution is 7.17. The summed E-state index contributed by atoms with van der Waals surface area (Å²) in [5.41, 5.74) is 1.000. The number of nitrogens with zero attached hydrogens (tertiary/aromatic N) is 1. The zero-order valence-corrected chi connectivity index (χ0v) is 15.6. The molecule has 0 fully saturated rings. The van der Waals surface area contributed by atoms with Gasteiger partial charge in [-0.25, -0.2) is 9.78 Å². The van der Waals surface area contributed by atoms with Gasteiger partial charge in [-0.3, -0.25) is 10.1 Å². The summed E-state index contributed by atoms with van der Waals surface area (Å²) in [6.07, 6.45) is 0. The van der Waals surface area contributed by atoms with Crippen molar-refractivity contribution >= 4 is 28.3 Å². The molecule has 1 N–H and O–H groups in total. The van der Waals surface area contributed by atoms with Gasteiger partial charge in [0.2, 0.25) is 0 Å². The summed E-state index contributed by atoms with van der Waals surface area (Å²) in [6, 6.07) is 6.89. The first-order chi connectivity index (χ1) is 11.9. The molecule has 0 bridgehead atoms. The van der Waals surface area contributed by atoms with Crippen LogP contribution in [0.3, 0.4) is 0 Å². The highest BCUT2D eigenvalue weighted by Crippen LogP contribution is 2.24. The van der Waals surface area contributed by atoms with Crippen LogP contribution in [0.25, 0.3) is 0 Å². The fourth-order valence-electron chi connectivity index (χ4n) is 2.01. The molecule has 25 heavy (non-hydrogen) atoms. The van der Waals surface area contributed by atoms with Crippen LogP contribution in [0.15, 0.2) is 24.3 Å². The second kappa shape index (κ2) is 8.62. The molecular formula is C18H22N2O4S. The van der Waals surface area contributed by atoms with Gasteiger partial charge in [0.15, 0.2) is 5.13 Å².